The number of aliphatic hydroxyl groups is 1. The van der Waals surface area contributed by atoms with E-state index >= 15 is 0 Å². The fraction of sp³-hybridized carbons (Fsp3) is 0.949. The van der Waals surface area contributed by atoms with E-state index in [-0.39, 0.29) is 25.7 Å². The van der Waals surface area contributed by atoms with Crippen molar-refractivity contribution in [2.45, 2.75) is 432 Å². The average molecular weight is 1440 g/mol. The van der Waals surface area contributed by atoms with Gasteiger partial charge in [-0.2, -0.15) is 0 Å². The molecule has 0 fully saturated rings. The second-order valence-electron chi connectivity index (χ2n) is 29.4. The number of phosphoric ester groups is 2. The Morgan fingerprint density at radius 2 is 0.469 bits per heavy atom. The van der Waals surface area contributed by atoms with Crippen molar-refractivity contribution in [3.05, 3.63) is 0 Å². The normalized spacial score (nSPS) is 13.9. The Bertz CT molecular complexity index is 1890. The first-order valence-corrected chi connectivity index (χ1v) is 44.0. The molecule has 582 valence electrons. The molecule has 0 aliphatic heterocycles. The Morgan fingerprint density at radius 1 is 0.276 bits per heavy atom. The molecule has 0 amide bonds. The topological polar surface area (TPSA) is 237 Å². The molecule has 98 heavy (non-hydrogen) atoms. The maximum Gasteiger partial charge on any atom is 0.472 e. The SMILES string of the molecule is CCCCCCCCCCCCCCCCCCCCCCC(=O)O[C@H](COC(=O)CCCCCCCCCCCCCCCCCCC(C)C)COP(=O)(O)OC[C@@H](O)COP(=O)(O)OC[C@@H](COC(=O)CCCCCCCCCCC)OC(=O)CCCCCCCCCC(C)C. The van der Waals surface area contributed by atoms with Gasteiger partial charge in [0, 0.05) is 25.7 Å². The quantitative estimate of drug-likeness (QED) is 0.0222. The molecule has 3 N–H and O–H groups in total. The molecule has 0 aliphatic rings. The van der Waals surface area contributed by atoms with E-state index in [9.17, 15) is 43.2 Å². The highest BCUT2D eigenvalue weighted by Gasteiger charge is 2.30. The third-order valence-corrected chi connectivity index (χ3v) is 20.4. The molecule has 19 heteroatoms. The smallest absolute Gasteiger partial charge is 0.462 e. The van der Waals surface area contributed by atoms with Crippen molar-refractivity contribution in [3.8, 4) is 0 Å². The number of rotatable bonds is 78. The van der Waals surface area contributed by atoms with Crippen LogP contribution in [0.1, 0.15) is 414 Å². The minimum atomic E-state index is -4.96. The van der Waals surface area contributed by atoms with Gasteiger partial charge in [0.25, 0.3) is 0 Å². The van der Waals surface area contributed by atoms with Crippen molar-refractivity contribution in [2.75, 3.05) is 39.6 Å². The van der Waals surface area contributed by atoms with Gasteiger partial charge >= 0.3 is 39.5 Å². The molecule has 0 heterocycles. The summed E-state index contributed by atoms with van der Waals surface area (Å²) in [7, 11) is -9.91. The van der Waals surface area contributed by atoms with Crippen molar-refractivity contribution in [1.82, 2.24) is 0 Å². The van der Waals surface area contributed by atoms with Gasteiger partial charge in [0.1, 0.15) is 19.3 Å². The number of phosphoric acid groups is 2. The molecule has 0 spiro atoms. The molecule has 5 atom stereocenters. The number of unbranched alkanes of at least 4 members (excludes halogenated alkanes) is 48. The number of hydrogen-bond donors (Lipinski definition) is 3. The monoisotopic (exact) mass is 1440 g/mol. The summed E-state index contributed by atoms with van der Waals surface area (Å²) in [5, 5.41) is 10.6. The molecule has 2 unspecified atom stereocenters. The molecule has 0 aromatic rings. The van der Waals surface area contributed by atoms with E-state index < -0.39 is 97.5 Å². The lowest BCUT2D eigenvalue weighted by molar-refractivity contribution is -0.161. The first-order chi connectivity index (χ1) is 47.4. The Labute approximate surface area is 600 Å². The van der Waals surface area contributed by atoms with Crippen LogP contribution in [0, 0.1) is 11.8 Å². The van der Waals surface area contributed by atoms with E-state index in [1.54, 1.807) is 0 Å². The van der Waals surface area contributed by atoms with Crippen LogP contribution in [0.15, 0.2) is 0 Å². The van der Waals surface area contributed by atoms with Crippen LogP contribution in [0.4, 0.5) is 0 Å². The van der Waals surface area contributed by atoms with E-state index in [0.29, 0.717) is 31.6 Å². The van der Waals surface area contributed by atoms with Crippen LogP contribution in [0.25, 0.3) is 0 Å². The van der Waals surface area contributed by atoms with Crippen molar-refractivity contribution in [2.24, 2.45) is 11.8 Å². The van der Waals surface area contributed by atoms with E-state index in [2.05, 4.69) is 41.5 Å². The summed E-state index contributed by atoms with van der Waals surface area (Å²) in [5.74, 6) is -0.608. The third kappa shape index (κ3) is 72.4. The Morgan fingerprint density at radius 3 is 0.694 bits per heavy atom. The summed E-state index contributed by atoms with van der Waals surface area (Å²) in [4.78, 5) is 72.8. The molecule has 0 aliphatic carbocycles. The molecule has 0 aromatic heterocycles. The molecule has 0 aromatic carbocycles. The zero-order valence-electron chi connectivity index (χ0n) is 64.1. The zero-order valence-corrected chi connectivity index (χ0v) is 65.9. The lowest BCUT2D eigenvalue weighted by atomic mass is 10.0. The van der Waals surface area contributed by atoms with Crippen LogP contribution in [-0.2, 0) is 65.4 Å². The fourth-order valence-corrected chi connectivity index (χ4v) is 13.8. The van der Waals surface area contributed by atoms with Crippen LogP contribution in [-0.4, -0.2) is 96.7 Å². The molecule has 0 bridgehead atoms. The highest BCUT2D eigenvalue weighted by molar-refractivity contribution is 7.47. The number of ether oxygens (including phenoxy) is 4. The van der Waals surface area contributed by atoms with Crippen LogP contribution >= 0.6 is 15.6 Å². The van der Waals surface area contributed by atoms with Gasteiger partial charge in [-0.1, -0.05) is 363 Å². The average Bonchev–Trinajstić information content (AvgIpc) is 1.19. The second-order valence-corrected chi connectivity index (χ2v) is 32.3. The number of aliphatic hydroxyl groups excluding tert-OH is 1. The first kappa shape index (κ1) is 96.1. The number of hydrogen-bond acceptors (Lipinski definition) is 15. The van der Waals surface area contributed by atoms with E-state index in [1.165, 1.54) is 231 Å². The highest BCUT2D eigenvalue weighted by Crippen LogP contribution is 2.45. The Kier molecular flexibility index (Phi) is 69.3. The molecule has 0 saturated heterocycles. The van der Waals surface area contributed by atoms with E-state index in [4.69, 9.17) is 37.0 Å². The van der Waals surface area contributed by atoms with E-state index in [1.807, 2.05) is 0 Å². The summed E-state index contributed by atoms with van der Waals surface area (Å²) in [6, 6.07) is 0. The van der Waals surface area contributed by atoms with Crippen LogP contribution in [0.5, 0.6) is 0 Å². The molecule has 0 rings (SSSR count). The van der Waals surface area contributed by atoms with Crippen molar-refractivity contribution >= 4 is 39.5 Å². The first-order valence-electron chi connectivity index (χ1n) is 41.0. The van der Waals surface area contributed by atoms with Gasteiger partial charge in [0.05, 0.1) is 26.4 Å². The molecule has 17 nitrogen and oxygen atoms in total. The third-order valence-electron chi connectivity index (χ3n) is 18.5. The summed E-state index contributed by atoms with van der Waals surface area (Å²) in [5.41, 5.74) is 0. The molecule has 0 radical (unpaired) electrons. The predicted octanol–water partition coefficient (Wildman–Crippen LogP) is 23.5. The highest BCUT2D eigenvalue weighted by atomic mass is 31.2. The standard InChI is InChI=1S/C79H154O17P2/c1-7-9-11-13-15-17-18-19-20-21-22-23-24-29-32-35-39-45-51-57-63-78(83)95-74(67-90-77(82)62-56-50-44-38-34-31-28-26-25-27-30-33-37-41-47-53-59-71(3)4)69-93-97(85,86)91-65-73(80)66-92-98(87,88)94-70-75(68-89-76(81)61-55-49-43-36-16-14-12-10-8-2)96-79(84)64-58-52-46-40-42-48-54-60-72(5)6/h71-75,80H,7-70H2,1-6H3,(H,85,86)(H,87,88)/t73-,74-,75-/m1/s1. The summed E-state index contributed by atoms with van der Waals surface area (Å²) in [6.07, 6.45) is 59.9. The zero-order chi connectivity index (χ0) is 72.1. The summed E-state index contributed by atoms with van der Waals surface area (Å²) >= 11 is 0. The number of carbonyl (C=O) groups excluding carboxylic acids is 4. The largest absolute Gasteiger partial charge is 0.472 e. The van der Waals surface area contributed by atoms with Crippen LogP contribution < -0.4 is 0 Å². The number of carbonyl (C=O) groups is 4. The summed E-state index contributed by atoms with van der Waals surface area (Å²) in [6.45, 7) is 9.56. The lowest BCUT2D eigenvalue weighted by Crippen LogP contribution is -2.30. The van der Waals surface area contributed by atoms with Crippen molar-refractivity contribution < 1.29 is 80.2 Å². The van der Waals surface area contributed by atoms with Gasteiger partial charge in [-0.15, -0.1) is 0 Å². The molecular formula is C79H154O17P2. The lowest BCUT2D eigenvalue weighted by Gasteiger charge is -2.21. The maximum atomic E-state index is 13.1. The Hall–Kier alpha value is -1.94. The van der Waals surface area contributed by atoms with Gasteiger partial charge in [-0.25, -0.2) is 9.13 Å². The maximum absolute atomic E-state index is 13.1. The second kappa shape index (κ2) is 70.7. The van der Waals surface area contributed by atoms with E-state index in [0.717, 1.165) is 95.8 Å². The van der Waals surface area contributed by atoms with Gasteiger partial charge in [0.15, 0.2) is 12.2 Å². The van der Waals surface area contributed by atoms with Gasteiger partial charge in [-0.05, 0) is 37.5 Å². The summed E-state index contributed by atoms with van der Waals surface area (Å²) < 4.78 is 68.5. The Balaban J connectivity index is 5.18. The minimum absolute atomic E-state index is 0.104. The van der Waals surface area contributed by atoms with Crippen LogP contribution in [0.3, 0.4) is 0 Å². The number of esters is 4. The fourth-order valence-electron chi connectivity index (χ4n) is 12.2. The predicted molar refractivity (Wildman–Crippen MR) is 400 cm³/mol. The molecule has 0 saturated carbocycles. The minimum Gasteiger partial charge on any atom is -0.462 e. The van der Waals surface area contributed by atoms with Crippen LogP contribution in [0.2, 0.25) is 0 Å². The van der Waals surface area contributed by atoms with Crippen molar-refractivity contribution in [3.63, 3.8) is 0 Å². The van der Waals surface area contributed by atoms with Gasteiger partial charge in [-0.3, -0.25) is 37.3 Å². The van der Waals surface area contributed by atoms with Gasteiger partial charge < -0.3 is 33.8 Å². The van der Waals surface area contributed by atoms with Crippen molar-refractivity contribution in [1.29, 1.82) is 0 Å². The molecular weight excluding hydrogens is 1280 g/mol. The van der Waals surface area contributed by atoms with Gasteiger partial charge in [0.2, 0.25) is 0 Å².